The third-order valence-corrected chi connectivity index (χ3v) is 5.78. The van der Waals surface area contributed by atoms with Crippen LogP contribution in [0.15, 0.2) is 46.2 Å². The summed E-state index contributed by atoms with van der Waals surface area (Å²) >= 11 is 1.33. The van der Waals surface area contributed by atoms with E-state index in [2.05, 4.69) is 5.32 Å². The molecule has 7 nitrogen and oxygen atoms in total. The summed E-state index contributed by atoms with van der Waals surface area (Å²) in [6.45, 7) is 2.18. The van der Waals surface area contributed by atoms with Crippen LogP contribution in [0.3, 0.4) is 0 Å². The lowest BCUT2D eigenvalue weighted by atomic mass is 10.1. The van der Waals surface area contributed by atoms with Gasteiger partial charge in [-0.15, -0.1) is 11.3 Å². The Balaban J connectivity index is 1.44. The number of nitrogens with one attached hydrogen (secondary N) is 1. The van der Waals surface area contributed by atoms with Gasteiger partial charge in [-0.3, -0.25) is 4.79 Å². The van der Waals surface area contributed by atoms with Crippen LogP contribution in [0.1, 0.15) is 57.9 Å². The highest BCUT2D eigenvalue weighted by atomic mass is 32.1. The Hall–Kier alpha value is -3.26. The maximum Gasteiger partial charge on any atom is 0.341 e. The molecule has 0 saturated heterocycles. The van der Waals surface area contributed by atoms with Crippen LogP contribution in [0.2, 0.25) is 0 Å². The molecule has 1 saturated carbocycles. The van der Waals surface area contributed by atoms with Crippen LogP contribution in [0.25, 0.3) is 0 Å². The van der Waals surface area contributed by atoms with Crippen molar-refractivity contribution in [3.63, 3.8) is 0 Å². The molecule has 1 amide bonds. The van der Waals surface area contributed by atoms with Gasteiger partial charge in [-0.05, 0) is 60.9 Å². The van der Waals surface area contributed by atoms with Crippen LogP contribution in [0.5, 0.6) is 11.5 Å². The van der Waals surface area contributed by atoms with Crippen molar-refractivity contribution in [1.82, 2.24) is 0 Å². The molecule has 0 atom stereocenters. The summed E-state index contributed by atoms with van der Waals surface area (Å²) in [5, 5.41) is 5.20. The van der Waals surface area contributed by atoms with Gasteiger partial charge < -0.3 is 23.9 Å². The first-order chi connectivity index (χ1) is 15.1. The fraction of sp³-hybridized carbons (Fsp3) is 0.304. The highest BCUT2D eigenvalue weighted by Crippen LogP contribution is 2.46. The average Bonchev–Trinajstić information content (AvgIpc) is 3.36. The molecule has 1 aliphatic carbocycles. The maximum atomic E-state index is 12.7. The molecule has 2 aromatic heterocycles. The summed E-state index contributed by atoms with van der Waals surface area (Å²) in [7, 11) is 1.57. The molecule has 162 valence electrons. The number of furan rings is 1. The Morgan fingerprint density at radius 2 is 1.94 bits per heavy atom. The van der Waals surface area contributed by atoms with Crippen molar-refractivity contribution < 1.29 is 28.2 Å². The Morgan fingerprint density at radius 1 is 1.16 bits per heavy atom. The van der Waals surface area contributed by atoms with E-state index in [1.807, 2.05) is 17.5 Å². The number of anilines is 1. The summed E-state index contributed by atoms with van der Waals surface area (Å²) in [5.74, 6) is 1.34. The number of methoxy groups -OCH3 is 1. The van der Waals surface area contributed by atoms with Gasteiger partial charge >= 0.3 is 5.97 Å². The number of thiophene rings is 1. The number of ether oxygens (including phenoxy) is 3. The van der Waals surface area contributed by atoms with Crippen LogP contribution in [0.4, 0.5) is 5.00 Å². The van der Waals surface area contributed by atoms with Crippen LogP contribution in [-0.2, 0) is 11.3 Å². The van der Waals surface area contributed by atoms with E-state index in [0.29, 0.717) is 33.7 Å². The lowest BCUT2D eigenvalue weighted by Crippen LogP contribution is -2.14. The van der Waals surface area contributed by atoms with E-state index in [1.165, 1.54) is 11.3 Å². The molecule has 4 rings (SSSR count). The largest absolute Gasteiger partial charge is 0.493 e. The second-order valence-electron chi connectivity index (χ2n) is 7.05. The maximum absolute atomic E-state index is 12.7. The van der Waals surface area contributed by atoms with Crippen LogP contribution >= 0.6 is 11.3 Å². The fourth-order valence-electron chi connectivity index (χ4n) is 3.20. The second-order valence-corrected chi connectivity index (χ2v) is 7.93. The number of esters is 1. The predicted molar refractivity (Wildman–Crippen MR) is 116 cm³/mol. The van der Waals surface area contributed by atoms with Gasteiger partial charge in [0.25, 0.3) is 5.91 Å². The number of para-hydroxylation sites is 2. The molecule has 1 aromatic carbocycles. The molecule has 0 unspecified atom stereocenters. The molecule has 0 bridgehead atoms. The van der Waals surface area contributed by atoms with Crippen molar-refractivity contribution in [2.75, 3.05) is 19.0 Å². The third-order valence-electron chi connectivity index (χ3n) is 4.87. The van der Waals surface area contributed by atoms with Gasteiger partial charge in [0, 0.05) is 0 Å². The Bertz CT molecular complexity index is 1080. The van der Waals surface area contributed by atoms with Gasteiger partial charge in [0.2, 0.25) is 0 Å². The molecular formula is C23H23NO6S. The van der Waals surface area contributed by atoms with Gasteiger partial charge in [-0.25, -0.2) is 4.79 Å². The number of benzene rings is 1. The molecule has 0 aliphatic heterocycles. The molecular weight excluding hydrogens is 418 g/mol. The van der Waals surface area contributed by atoms with Crippen molar-refractivity contribution in [1.29, 1.82) is 0 Å². The van der Waals surface area contributed by atoms with E-state index in [-0.39, 0.29) is 19.0 Å². The Labute approximate surface area is 183 Å². The van der Waals surface area contributed by atoms with E-state index in [1.54, 1.807) is 38.3 Å². The van der Waals surface area contributed by atoms with E-state index < -0.39 is 11.9 Å². The standard InChI is InChI=1S/C23H23NO6S/c1-3-28-23(26)20-16(14-8-9-14)13-31-22(20)24-21(25)19-11-10-15(30-19)12-29-18-7-5-4-6-17(18)27-2/h4-7,10-11,13-14H,3,8-9,12H2,1-2H3,(H,24,25). The van der Waals surface area contributed by atoms with Gasteiger partial charge in [0.15, 0.2) is 17.3 Å². The van der Waals surface area contributed by atoms with E-state index in [0.717, 1.165) is 18.4 Å². The third kappa shape index (κ3) is 4.74. The first kappa shape index (κ1) is 21.0. The zero-order valence-corrected chi connectivity index (χ0v) is 18.1. The van der Waals surface area contributed by atoms with Crippen molar-refractivity contribution in [3.05, 3.63) is 64.4 Å². The molecule has 3 aromatic rings. The number of rotatable bonds is 9. The van der Waals surface area contributed by atoms with Gasteiger partial charge in [-0.2, -0.15) is 0 Å². The first-order valence-electron chi connectivity index (χ1n) is 10.0. The Morgan fingerprint density at radius 3 is 2.65 bits per heavy atom. The summed E-state index contributed by atoms with van der Waals surface area (Å²) in [4.78, 5) is 25.2. The second kappa shape index (κ2) is 9.26. The SMILES string of the molecule is CCOC(=O)c1c(C2CC2)csc1NC(=O)c1ccc(COc2ccccc2OC)o1. The normalized spacial score (nSPS) is 13.0. The number of amides is 1. The average molecular weight is 442 g/mol. The van der Waals surface area contributed by atoms with E-state index in [9.17, 15) is 9.59 Å². The quantitative estimate of drug-likeness (QED) is 0.457. The molecule has 8 heteroatoms. The zero-order valence-electron chi connectivity index (χ0n) is 17.3. The van der Waals surface area contributed by atoms with Crippen LogP contribution in [-0.4, -0.2) is 25.6 Å². The molecule has 0 radical (unpaired) electrons. The minimum absolute atomic E-state index is 0.134. The van der Waals surface area contributed by atoms with Crippen molar-refractivity contribution in [2.45, 2.75) is 32.3 Å². The summed E-state index contributed by atoms with van der Waals surface area (Å²) < 4.78 is 21.8. The van der Waals surface area contributed by atoms with Crippen molar-refractivity contribution >= 4 is 28.2 Å². The summed E-state index contributed by atoms with van der Waals surface area (Å²) in [5.41, 5.74) is 1.40. The van der Waals surface area contributed by atoms with Crippen LogP contribution in [0, 0.1) is 0 Å². The number of hydrogen-bond acceptors (Lipinski definition) is 7. The first-order valence-corrected chi connectivity index (χ1v) is 10.9. The highest BCUT2D eigenvalue weighted by Gasteiger charge is 2.32. The lowest BCUT2D eigenvalue weighted by Gasteiger charge is -2.09. The Kier molecular flexibility index (Phi) is 6.27. The van der Waals surface area contributed by atoms with Gasteiger partial charge in [0.05, 0.1) is 19.3 Å². The van der Waals surface area contributed by atoms with E-state index in [4.69, 9.17) is 18.6 Å². The minimum atomic E-state index is -0.432. The number of hydrogen-bond donors (Lipinski definition) is 1. The highest BCUT2D eigenvalue weighted by molar-refractivity contribution is 7.15. The molecule has 0 spiro atoms. The molecule has 1 aliphatic rings. The summed E-state index contributed by atoms with van der Waals surface area (Å²) in [6.07, 6.45) is 2.09. The van der Waals surface area contributed by atoms with Crippen molar-refractivity contribution in [2.24, 2.45) is 0 Å². The number of carbonyl (C=O) groups excluding carboxylic acids is 2. The zero-order chi connectivity index (χ0) is 21.8. The van der Waals surface area contributed by atoms with Crippen molar-refractivity contribution in [3.8, 4) is 11.5 Å². The monoisotopic (exact) mass is 441 g/mol. The summed E-state index contributed by atoms with van der Waals surface area (Å²) in [6, 6.07) is 10.5. The molecule has 31 heavy (non-hydrogen) atoms. The molecule has 1 fully saturated rings. The van der Waals surface area contributed by atoms with Crippen LogP contribution < -0.4 is 14.8 Å². The van der Waals surface area contributed by atoms with Gasteiger partial charge in [-0.1, -0.05) is 12.1 Å². The fourth-order valence-corrected chi connectivity index (χ4v) is 4.23. The minimum Gasteiger partial charge on any atom is -0.493 e. The van der Waals surface area contributed by atoms with E-state index >= 15 is 0 Å². The topological polar surface area (TPSA) is 87.0 Å². The van der Waals surface area contributed by atoms with Gasteiger partial charge in [0.1, 0.15) is 17.4 Å². The smallest absolute Gasteiger partial charge is 0.341 e. The molecule has 2 heterocycles. The predicted octanol–water partition coefficient (Wildman–Crippen LogP) is 5.24. The lowest BCUT2D eigenvalue weighted by molar-refractivity contribution is 0.0527. The molecule has 1 N–H and O–H groups in total. The number of carbonyl (C=O) groups is 2.